The van der Waals surface area contributed by atoms with E-state index in [9.17, 15) is 0 Å². The third-order valence-electron chi connectivity index (χ3n) is 2.43. The van der Waals surface area contributed by atoms with E-state index in [0.29, 0.717) is 19.2 Å². The number of para-hydroxylation sites is 1. The van der Waals surface area contributed by atoms with Gasteiger partial charge in [0.15, 0.2) is 0 Å². The zero-order chi connectivity index (χ0) is 11.2. The maximum atomic E-state index is 5.57. The summed E-state index contributed by atoms with van der Waals surface area (Å²) in [4.78, 5) is 4.15. The van der Waals surface area contributed by atoms with Crippen LogP contribution < -0.4 is 10.5 Å². The lowest BCUT2D eigenvalue weighted by atomic mass is 10.2. The highest BCUT2D eigenvalue weighted by Crippen LogP contribution is 2.11. The quantitative estimate of drug-likeness (QED) is 0.766. The highest BCUT2D eigenvalue weighted by Gasteiger charge is 2.15. The Balaban J connectivity index is 1.62. The fourth-order valence-corrected chi connectivity index (χ4v) is 1.61. The average Bonchev–Trinajstić information content (AvgIpc) is 2.72. The largest absolute Gasteiger partial charge is 0.494 e. The van der Waals surface area contributed by atoms with Gasteiger partial charge >= 0.3 is 0 Å². The predicted molar refractivity (Wildman–Crippen MR) is 62.5 cm³/mol. The van der Waals surface area contributed by atoms with Crippen LogP contribution in [0.1, 0.15) is 12.8 Å². The summed E-state index contributed by atoms with van der Waals surface area (Å²) in [6.07, 6.45) is 1.91. The predicted octanol–water partition coefficient (Wildman–Crippen LogP) is 1.56. The lowest BCUT2D eigenvalue weighted by Gasteiger charge is -2.07. The molecule has 4 heteroatoms. The van der Waals surface area contributed by atoms with Crippen LogP contribution in [0.15, 0.2) is 35.3 Å². The van der Waals surface area contributed by atoms with Crippen LogP contribution in [-0.4, -0.2) is 25.3 Å². The SMILES string of the molecule is NC1=N[C@@H](CCCOc2ccccc2)CO1. The van der Waals surface area contributed by atoms with Crippen molar-refractivity contribution < 1.29 is 9.47 Å². The molecule has 1 atom stereocenters. The number of ether oxygens (including phenoxy) is 2. The van der Waals surface area contributed by atoms with Gasteiger partial charge in [0, 0.05) is 0 Å². The van der Waals surface area contributed by atoms with Crippen molar-refractivity contribution in [3.05, 3.63) is 30.3 Å². The lowest BCUT2D eigenvalue weighted by Crippen LogP contribution is -2.10. The molecule has 0 amide bonds. The van der Waals surface area contributed by atoms with Crippen molar-refractivity contribution in [3.8, 4) is 5.75 Å². The summed E-state index contributed by atoms with van der Waals surface area (Å²) < 4.78 is 10.6. The fraction of sp³-hybridized carbons (Fsp3) is 0.417. The first kappa shape index (κ1) is 10.8. The van der Waals surface area contributed by atoms with Crippen LogP contribution in [0.25, 0.3) is 0 Å². The van der Waals surface area contributed by atoms with Gasteiger partial charge in [-0.25, -0.2) is 4.99 Å². The van der Waals surface area contributed by atoms with Gasteiger partial charge in [-0.1, -0.05) is 18.2 Å². The summed E-state index contributed by atoms with van der Waals surface area (Å²) in [5.74, 6) is 0.910. The standard InChI is InChI=1S/C12H16N2O2/c13-12-14-10(9-16-12)5-4-8-15-11-6-2-1-3-7-11/h1-3,6-7,10H,4-5,8-9H2,(H2,13,14)/t10-/m0/s1. The van der Waals surface area contributed by atoms with Crippen LogP contribution in [0.4, 0.5) is 0 Å². The second-order valence-corrected chi connectivity index (χ2v) is 3.74. The molecule has 1 aromatic rings. The molecule has 0 bridgehead atoms. The number of nitrogens with two attached hydrogens (primary N) is 1. The van der Waals surface area contributed by atoms with Crippen LogP contribution >= 0.6 is 0 Å². The first-order valence-electron chi connectivity index (χ1n) is 5.48. The van der Waals surface area contributed by atoms with E-state index in [2.05, 4.69) is 4.99 Å². The maximum Gasteiger partial charge on any atom is 0.282 e. The summed E-state index contributed by atoms with van der Waals surface area (Å²) in [6, 6.07) is 10.3. The Kier molecular flexibility index (Phi) is 3.64. The number of benzene rings is 1. The molecule has 2 N–H and O–H groups in total. The van der Waals surface area contributed by atoms with Crippen LogP contribution in [0.3, 0.4) is 0 Å². The van der Waals surface area contributed by atoms with Gasteiger partial charge in [0.2, 0.25) is 0 Å². The zero-order valence-electron chi connectivity index (χ0n) is 9.13. The molecule has 1 heterocycles. The van der Waals surface area contributed by atoms with Gasteiger partial charge in [-0.05, 0) is 25.0 Å². The third kappa shape index (κ3) is 3.15. The van der Waals surface area contributed by atoms with E-state index in [4.69, 9.17) is 15.2 Å². The molecule has 86 valence electrons. The van der Waals surface area contributed by atoms with Crippen molar-refractivity contribution in [3.63, 3.8) is 0 Å². The number of amidine groups is 1. The summed E-state index contributed by atoms with van der Waals surface area (Å²) in [6.45, 7) is 1.31. The van der Waals surface area contributed by atoms with Gasteiger partial charge in [0.1, 0.15) is 12.4 Å². The monoisotopic (exact) mass is 220 g/mol. The molecule has 2 rings (SSSR count). The van der Waals surface area contributed by atoms with Crippen LogP contribution in [-0.2, 0) is 4.74 Å². The Morgan fingerprint density at radius 1 is 1.38 bits per heavy atom. The van der Waals surface area contributed by atoms with Crippen molar-refractivity contribution in [1.29, 1.82) is 0 Å². The lowest BCUT2D eigenvalue weighted by molar-refractivity contribution is 0.278. The molecule has 4 nitrogen and oxygen atoms in total. The average molecular weight is 220 g/mol. The van der Waals surface area contributed by atoms with Crippen molar-refractivity contribution in [2.75, 3.05) is 13.2 Å². The number of nitrogens with zero attached hydrogens (tertiary/aromatic N) is 1. The first-order chi connectivity index (χ1) is 7.84. The Labute approximate surface area is 95.1 Å². The van der Waals surface area contributed by atoms with Crippen molar-refractivity contribution in [2.24, 2.45) is 10.7 Å². The molecule has 0 radical (unpaired) electrons. The highest BCUT2D eigenvalue weighted by atomic mass is 16.5. The molecule has 0 saturated carbocycles. The number of rotatable bonds is 5. The van der Waals surface area contributed by atoms with Gasteiger partial charge in [-0.2, -0.15) is 0 Å². The van der Waals surface area contributed by atoms with E-state index >= 15 is 0 Å². The van der Waals surface area contributed by atoms with E-state index in [1.165, 1.54) is 0 Å². The third-order valence-corrected chi connectivity index (χ3v) is 2.43. The summed E-state index contributed by atoms with van der Waals surface area (Å²) in [5.41, 5.74) is 5.42. The summed E-state index contributed by atoms with van der Waals surface area (Å²) >= 11 is 0. The van der Waals surface area contributed by atoms with Gasteiger partial charge in [-0.15, -0.1) is 0 Å². The Morgan fingerprint density at radius 3 is 2.88 bits per heavy atom. The summed E-state index contributed by atoms with van der Waals surface area (Å²) in [5, 5.41) is 0. The topological polar surface area (TPSA) is 56.8 Å². The smallest absolute Gasteiger partial charge is 0.282 e. The zero-order valence-corrected chi connectivity index (χ0v) is 9.13. The summed E-state index contributed by atoms with van der Waals surface area (Å²) in [7, 11) is 0. The van der Waals surface area contributed by atoms with Gasteiger partial charge < -0.3 is 15.2 Å². The highest BCUT2D eigenvalue weighted by molar-refractivity contribution is 5.72. The minimum Gasteiger partial charge on any atom is -0.494 e. The van der Waals surface area contributed by atoms with Crippen LogP contribution in [0.5, 0.6) is 5.75 Å². The van der Waals surface area contributed by atoms with Crippen LogP contribution in [0, 0.1) is 0 Å². The number of hydrogen-bond acceptors (Lipinski definition) is 4. The molecule has 0 saturated heterocycles. The Morgan fingerprint density at radius 2 is 2.19 bits per heavy atom. The second-order valence-electron chi connectivity index (χ2n) is 3.74. The number of aliphatic imine (C=N–C) groups is 1. The minimum atomic E-state index is 0.208. The number of hydrogen-bond donors (Lipinski definition) is 1. The molecule has 16 heavy (non-hydrogen) atoms. The maximum absolute atomic E-state index is 5.57. The Hall–Kier alpha value is -1.71. The molecular weight excluding hydrogens is 204 g/mol. The molecule has 0 unspecified atom stereocenters. The van der Waals surface area contributed by atoms with E-state index in [1.54, 1.807) is 0 Å². The minimum absolute atomic E-state index is 0.208. The molecule has 0 fully saturated rings. The normalized spacial score (nSPS) is 19.0. The van der Waals surface area contributed by atoms with E-state index in [0.717, 1.165) is 18.6 Å². The molecular formula is C12H16N2O2. The van der Waals surface area contributed by atoms with Gasteiger partial charge in [-0.3, -0.25) is 0 Å². The van der Waals surface area contributed by atoms with Crippen molar-refractivity contribution in [2.45, 2.75) is 18.9 Å². The molecule has 1 aliphatic heterocycles. The molecule has 1 aliphatic rings. The van der Waals surface area contributed by atoms with Crippen LogP contribution in [0.2, 0.25) is 0 Å². The van der Waals surface area contributed by atoms with E-state index < -0.39 is 0 Å². The van der Waals surface area contributed by atoms with E-state index in [1.807, 2.05) is 30.3 Å². The van der Waals surface area contributed by atoms with Crippen molar-refractivity contribution in [1.82, 2.24) is 0 Å². The van der Waals surface area contributed by atoms with Crippen molar-refractivity contribution >= 4 is 6.02 Å². The first-order valence-corrected chi connectivity index (χ1v) is 5.48. The fourth-order valence-electron chi connectivity index (χ4n) is 1.61. The van der Waals surface area contributed by atoms with Gasteiger partial charge in [0.25, 0.3) is 6.02 Å². The van der Waals surface area contributed by atoms with E-state index in [-0.39, 0.29) is 6.04 Å². The molecule has 0 spiro atoms. The molecule has 0 aromatic heterocycles. The molecule has 1 aromatic carbocycles. The molecule has 0 aliphatic carbocycles. The van der Waals surface area contributed by atoms with Gasteiger partial charge in [0.05, 0.1) is 12.6 Å². The Bertz CT molecular complexity index is 351. The second kappa shape index (κ2) is 5.39.